The predicted molar refractivity (Wildman–Crippen MR) is 141 cm³/mol. The topological polar surface area (TPSA) is 164 Å². The Hall–Kier alpha value is -4.18. The molecule has 14 nitrogen and oxygen atoms in total. The number of hydrogen-bond donors (Lipinski definition) is 2. The van der Waals surface area contributed by atoms with E-state index in [9.17, 15) is 9.59 Å². The molecule has 0 aliphatic heterocycles. The van der Waals surface area contributed by atoms with E-state index in [1.54, 1.807) is 26.2 Å². The van der Waals surface area contributed by atoms with E-state index in [2.05, 4.69) is 41.7 Å². The fourth-order valence-corrected chi connectivity index (χ4v) is 4.57. The van der Waals surface area contributed by atoms with Crippen molar-refractivity contribution in [3.8, 4) is 22.6 Å². The zero-order chi connectivity index (χ0) is 27.1. The second-order valence-corrected chi connectivity index (χ2v) is 9.56. The monoisotopic (exact) mass is 556 g/mol. The highest BCUT2D eigenvalue weighted by atomic mass is 32.2. The SMILES string of the molecule is COc1cc(-c2ccc(NC(=O)CSc3nnnn3C)c(OC)c2)ccc1NC(=O)CSc1nnnn1C. The number of carbonyl (C=O) groups is 2. The van der Waals surface area contributed by atoms with Gasteiger partial charge in [-0.3, -0.25) is 9.59 Å². The van der Waals surface area contributed by atoms with Crippen LogP contribution in [0.1, 0.15) is 0 Å². The maximum atomic E-state index is 12.5. The highest BCUT2D eigenvalue weighted by molar-refractivity contribution is 8.00. The van der Waals surface area contributed by atoms with Crippen molar-refractivity contribution in [1.82, 2.24) is 40.4 Å². The molecule has 2 aromatic carbocycles. The Morgan fingerprint density at radius 2 is 1.18 bits per heavy atom. The number of amides is 2. The Morgan fingerprint density at radius 1 is 0.763 bits per heavy atom. The summed E-state index contributed by atoms with van der Waals surface area (Å²) in [6.07, 6.45) is 0. The van der Waals surface area contributed by atoms with E-state index in [0.717, 1.165) is 11.1 Å². The van der Waals surface area contributed by atoms with Crippen LogP contribution < -0.4 is 20.1 Å². The van der Waals surface area contributed by atoms with Gasteiger partial charge in [-0.15, -0.1) is 10.2 Å². The van der Waals surface area contributed by atoms with Crippen LogP contribution in [0, 0.1) is 0 Å². The normalized spacial score (nSPS) is 10.7. The van der Waals surface area contributed by atoms with Gasteiger partial charge in [0.1, 0.15) is 11.5 Å². The van der Waals surface area contributed by atoms with Crippen LogP contribution in [0.2, 0.25) is 0 Å². The van der Waals surface area contributed by atoms with Crippen molar-refractivity contribution in [2.45, 2.75) is 10.3 Å². The number of carbonyl (C=O) groups excluding carboxylic acids is 2. The molecule has 0 radical (unpaired) electrons. The maximum Gasteiger partial charge on any atom is 0.234 e. The van der Waals surface area contributed by atoms with Gasteiger partial charge in [-0.1, -0.05) is 35.7 Å². The standard InChI is InChI=1S/C22H24N10O4S2/c1-31-21(25-27-29-31)37-11-19(33)23-15-7-5-13(9-17(15)35-3)14-6-8-16(18(10-14)36-4)24-20(34)12-38-22-26-28-30-32(22)2/h5-10H,11-12H2,1-4H3,(H,23,33)(H,24,34). The number of aromatic nitrogens is 8. The van der Waals surface area contributed by atoms with Gasteiger partial charge in [0.2, 0.25) is 22.1 Å². The van der Waals surface area contributed by atoms with Gasteiger partial charge in [0.05, 0.1) is 37.1 Å². The Labute approximate surface area is 225 Å². The van der Waals surface area contributed by atoms with Crippen LogP contribution >= 0.6 is 23.5 Å². The minimum Gasteiger partial charge on any atom is -0.495 e. The van der Waals surface area contributed by atoms with E-state index in [4.69, 9.17) is 9.47 Å². The molecule has 0 bridgehead atoms. The molecular formula is C22H24N10O4S2. The van der Waals surface area contributed by atoms with E-state index in [-0.39, 0.29) is 23.3 Å². The number of tetrazole rings is 2. The molecule has 2 aromatic heterocycles. The summed E-state index contributed by atoms with van der Waals surface area (Å²) < 4.78 is 14.0. The largest absolute Gasteiger partial charge is 0.495 e. The molecule has 0 aliphatic carbocycles. The minimum absolute atomic E-state index is 0.136. The van der Waals surface area contributed by atoms with Crippen molar-refractivity contribution in [1.29, 1.82) is 0 Å². The average Bonchev–Trinajstić information content (AvgIpc) is 3.53. The zero-order valence-electron chi connectivity index (χ0n) is 20.9. The van der Waals surface area contributed by atoms with E-state index in [1.807, 2.05) is 24.3 Å². The van der Waals surface area contributed by atoms with Gasteiger partial charge in [0.15, 0.2) is 0 Å². The van der Waals surface area contributed by atoms with E-state index in [1.165, 1.54) is 47.1 Å². The third kappa shape index (κ3) is 6.57. The molecule has 2 heterocycles. The molecule has 0 saturated carbocycles. The molecule has 0 spiro atoms. The van der Waals surface area contributed by atoms with Gasteiger partial charge in [-0.2, -0.15) is 0 Å². The van der Waals surface area contributed by atoms with Gasteiger partial charge < -0.3 is 20.1 Å². The van der Waals surface area contributed by atoms with E-state index < -0.39 is 0 Å². The molecule has 198 valence electrons. The van der Waals surface area contributed by atoms with Gasteiger partial charge in [-0.25, -0.2) is 9.36 Å². The van der Waals surface area contributed by atoms with Crippen molar-refractivity contribution >= 4 is 46.7 Å². The number of hydrogen-bond acceptors (Lipinski definition) is 12. The first kappa shape index (κ1) is 26.9. The molecule has 0 atom stereocenters. The van der Waals surface area contributed by atoms with Crippen molar-refractivity contribution in [2.75, 3.05) is 36.4 Å². The maximum absolute atomic E-state index is 12.5. The Bertz CT molecular complexity index is 1330. The first-order chi connectivity index (χ1) is 18.4. The first-order valence-corrected chi connectivity index (χ1v) is 13.0. The fourth-order valence-electron chi connectivity index (χ4n) is 3.27. The van der Waals surface area contributed by atoms with Gasteiger partial charge in [-0.05, 0) is 56.2 Å². The lowest BCUT2D eigenvalue weighted by molar-refractivity contribution is -0.114. The van der Waals surface area contributed by atoms with Gasteiger partial charge in [0, 0.05) is 14.1 Å². The number of nitrogens with zero attached hydrogens (tertiary/aromatic N) is 8. The Morgan fingerprint density at radius 3 is 1.53 bits per heavy atom. The molecule has 0 saturated heterocycles. The molecule has 0 aliphatic rings. The number of nitrogens with one attached hydrogen (secondary N) is 2. The third-order valence-electron chi connectivity index (χ3n) is 5.11. The number of ether oxygens (including phenoxy) is 2. The second-order valence-electron chi connectivity index (χ2n) is 7.67. The lowest BCUT2D eigenvalue weighted by Gasteiger charge is -2.14. The smallest absolute Gasteiger partial charge is 0.234 e. The highest BCUT2D eigenvalue weighted by Crippen LogP contribution is 2.35. The van der Waals surface area contributed by atoms with E-state index in [0.29, 0.717) is 33.2 Å². The molecule has 0 unspecified atom stereocenters. The quantitative estimate of drug-likeness (QED) is 0.258. The minimum atomic E-state index is -0.223. The first-order valence-electron chi connectivity index (χ1n) is 11.0. The number of methoxy groups -OCH3 is 2. The van der Waals surface area contributed by atoms with Crippen LogP contribution in [-0.4, -0.2) is 78.0 Å². The number of thioether (sulfide) groups is 2. The molecule has 2 amide bonds. The van der Waals surface area contributed by atoms with Crippen LogP contribution in [0.15, 0.2) is 46.7 Å². The Kier molecular flexibility index (Phi) is 8.75. The Balaban J connectivity index is 1.42. The van der Waals surface area contributed by atoms with Crippen molar-refractivity contribution in [2.24, 2.45) is 14.1 Å². The second kappa shape index (κ2) is 12.4. The van der Waals surface area contributed by atoms with Crippen molar-refractivity contribution in [3.63, 3.8) is 0 Å². The number of aryl methyl sites for hydroxylation is 2. The lowest BCUT2D eigenvalue weighted by atomic mass is 10.0. The fraction of sp³-hybridized carbons (Fsp3) is 0.273. The molecule has 16 heteroatoms. The van der Waals surface area contributed by atoms with Gasteiger partial charge in [0.25, 0.3) is 0 Å². The molecule has 0 fully saturated rings. The van der Waals surface area contributed by atoms with Crippen LogP contribution in [0.3, 0.4) is 0 Å². The van der Waals surface area contributed by atoms with Crippen LogP contribution in [0.4, 0.5) is 11.4 Å². The summed E-state index contributed by atoms with van der Waals surface area (Å²) in [5.41, 5.74) is 2.73. The third-order valence-corrected chi connectivity index (χ3v) is 7.13. The molecule has 38 heavy (non-hydrogen) atoms. The number of benzene rings is 2. The molecule has 4 rings (SSSR count). The number of rotatable bonds is 11. The summed E-state index contributed by atoms with van der Waals surface area (Å²) in [4.78, 5) is 24.9. The summed E-state index contributed by atoms with van der Waals surface area (Å²) >= 11 is 2.45. The van der Waals surface area contributed by atoms with Gasteiger partial charge >= 0.3 is 0 Å². The predicted octanol–water partition coefficient (Wildman–Crippen LogP) is 1.88. The molecule has 2 N–H and O–H groups in total. The summed E-state index contributed by atoms with van der Waals surface area (Å²) in [5.74, 6) is 0.814. The molecule has 4 aromatic rings. The van der Waals surface area contributed by atoms with E-state index >= 15 is 0 Å². The molecular weight excluding hydrogens is 532 g/mol. The summed E-state index contributed by atoms with van der Waals surface area (Å²) in [7, 11) is 6.47. The van der Waals surface area contributed by atoms with Crippen LogP contribution in [-0.2, 0) is 23.7 Å². The van der Waals surface area contributed by atoms with Crippen molar-refractivity contribution < 1.29 is 19.1 Å². The summed E-state index contributed by atoms with van der Waals surface area (Å²) in [6, 6.07) is 10.9. The number of anilines is 2. The van der Waals surface area contributed by atoms with Crippen molar-refractivity contribution in [3.05, 3.63) is 36.4 Å². The van der Waals surface area contributed by atoms with Crippen LogP contribution in [0.5, 0.6) is 11.5 Å². The zero-order valence-corrected chi connectivity index (χ0v) is 22.5. The van der Waals surface area contributed by atoms with Crippen LogP contribution in [0.25, 0.3) is 11.1 Å². The highest BCUT2D eigenvalue weighted by Gasteiger charge is 2.15. The lowest BCUT2D eigenvalue weighted by Crippen LogP contribution is -2.15. The summed E-state index contributed by atoms with van der Waals surface area (Å²) in [6.45, 7) is 0. The average molecular weight is 557 g/mol. The summed E-state index contributed by atoms with van der Waals surface area (Å²) in [5, 5.41) is 29.1.